The van der Waals surface area contributed by atoms with Crippen molar-refractivity contribution in [3.05, 3.63) is 223 Å². The van der Waals surface area contributed by atoms with Crippen molar-refractivity contribution in [2.75, 3.05) is 0 Å². The Bertz CT molecular complexity index is 3480. The van der Waals surface area contributed by atoms with Crippen LogP contribution in [0, 0.1) is 0 Å². The Morgan fingerprint density at radius 2 is 1.23 bits per heavy atom. The van der Waals surface area contributed by atoms with Crippen LogP contribution in [0.1, 0.15) is 23.6 Å². The van der Waals surface area contributed by atoms with E-state index in [4.69, 9.17) is 10.7 Å². The van der Waals surface area contributed by atoms with Crippen LogP contribution in [0.3, 0.4) is 0 Å². The van der Waals surface area contributed by atoms with Gasteiger partial charge in [0, 0.05) is 44.9 Å². The van der Waals surface area contributed by atoms with Crippen molar-refractivity contribution >= 4 is 60.8 Å². The molecule has 290 valence electrons. The molecule has 8 aromatic carbocycles. The van der Waals surface area contributed by atoms with Crippen LogP contribution in [0.15, 0.2) is 212 Å². The minimum Gasteiger partial charge on any atom is -0.383 e. The first-order chi connectivity index (χ1) is 30.1. The van der Waals surface area contributed by atoms with Gasteiger partial charge >= 0.3 is 0 Å². The highest BCUT2D eigenvalue weighted by molar-refractivity contribution is 6.14. The quantitative estimate of drug-likeness (QED) is 0.0931. The smallest absolute Gasteiger partial charge is 0.131 e. The number of aromatic nitrogens is 2. The molecule has 0 radical (unpaired) electrons. The summed E-state index contributed by atoms with van der Waals surface area (Å²) in [4.78, 5) is 5.02. The number of hydrogen-bond acceptors (Lipinski definition) is 1. The zero-order valence-corrected chi connectivity index (χ0v) is 33.9. The van der Waals surface area contributed by atoms with Gasteiger partial charge in [0.25, 0.3) is 0 Å². The third-order valence-corrected chi connectivity index (χ3v) is 12.2. The van der Waals surface area contributed by atoms with Crippen molar-refractivity contribution in [2.24, 2.45) is 10.7 Å². The van der Waals surface area contributed by atoms with Crippen LogP contribution >= 0.6 is 0 Å². The molecule has 0 spiro atoms. The van der Waals surface area contributed by atoms with Gasteiger partial charge in [0.2, 0.25) is 0 Å². The molecule has 0 saturated carbocycles. The van der Waals surface area contributed by atoms with E-state index < -0.39 is 0 Å². The van der Waals surface area contributed by atoms with E-state index in [2.05, 4.69) is 211 Å². The number of benzene rings is 8. The molecule has 0 amide bonds. The van der Waals surface area contributed by atoms with Gasteiger partial charge in [-0.15, -0.1) is 0 Å². The fourth-order valence-electron chi connectivity index (χ4n) is 9.46. The highest BCUT2D eigenvalue weighted by Crippen LogP contribution is 2.42. The Hall–Kier alpha value is -7.95. The zero-order chi connectivity index (χ0) is 41.0. The monoisotopic (exact) mass is 782 g/mol. The van der Waals surface area contributed by atoms with E-state index in [0.717, 1.165) is 51.2 Å². The van der Waals surface area contributed by atoms with Crippen molar-refractivity contribution in [3.63, 3.8) is 0 Å². The SMILES string of the molecule is C=C/C=C(\C=C/C)n1c2ccc(-c3ccc4c(c3)c3ccccc3n4-c3ccccc3)cc2c2ccc(-c3cccc(C(N)=Nc4cccc5c4Cc4ccccc4-5)c3)cc21. The predicted octanol–water partition coefficient (Wildman–Crippen LogP) is 14.4. The summed E-state index contributed by atoms with van der Waals surface area (Å²) in [5, 5.41) is 4.84. The largest absolute Gasteiger partial charge is 0.383 e. The van der Waals surface area contributed by atoms with Crippen molar-refractivity contribution in [1.82, 2.24) is 9.13 Å². The number of aliphatic imine (C=N–C) groups is 1. The van der Waals surface area contributed by atoms with Gasteiger partial charge in [-0.05, 0) is 124 Å². The molecule has 2 heterocycles. The molecular weight excluding hydrogens is 741 g/mol. The maximum absolute atomic E-state index is 6.81. The minimum atomic E-state index is 0.501. The summed E-state index contributed by atoms with van der Waals surface area (Å²) in [7, 11) is 0. The van der Waals surface area contributed by atoms with Crippen LogP contribution < -0.4 is 5.73 Å². The number of amidine groups is 1. The molecule has 2 N–H and O–H groups in total. The fraction of sp³-hybridized carbons (Fsp3) is 0.0351. The Morgan fingerprint density at radius 1 is 0.574 bits per heavy atom. The van der Waals surface area contributed by atoms with Crippen LogP contribution in [0.2, 0.25) is 0 Å². The number of nitrogens with zero attached hydrogens (tertiary/aromatic N) is 3. The molecule has 11 rings (SSSR count). The summed E-state index contributed by atoms with van der Waals surface area (Å²) in [6.07, 6.45) is 9.02. The third kappa shape index (κ3) is 6.03. The van der Waals surface area contributed by atoms with Crippen LogP contribution in [0.4, 0.5) is 5.69 Å². The van der Waals surface area contributed by atoms with E-state index in [1.165, 1.54) is 66.0 Å². The second-order valence-electron chi connectivity index (χ2n) is 15.8. The first-order valence-electron chi connectivity index (χ1n) is 20.9. The lowest BCUT2D eigenvalue weighted by Crippen LogP contribution is -2.13. The summed E-state index contributed by atoms with van der Waals surface area (Å²) < 4.78 is 4.71. The average Bonchev–Trinajstić information content (AvgIpc) is 3.97. The molecular formula is C57H42N4. The summed E-state index contributed by atoms with van der Waals surface area (Å²) in [5.74, 6) is 0.501. The van der Waals surface area contributed by atoms with E-state index in [1.54, 1.807) is 0 Å². The topological polar surface area (TPSA) is 48.2 Å². The first-order valence-corrected chi connectivity index (χ1v) is 20.9. The van der Waals surface area contributed by atoms with Gasteiger partial charge in [-0.2, -0.15) is 0 Å². The summed E-state index contributed by atoms with van der Waals surface area (Å²) in [6, 6.07) is 63.2. The van der Waals surface area contributed by atoms with Gasteiger partial charge in [-0.3, -0.25) is 0 Å². The van der Waals surface area contributed by atoms with Crippen LogP contribution in [0.25, 0.3) is 88.4 Å². The van der Waals surface area contributed by atoms with Crippen LogP contribution in [-0.4, -0.2) is 15.0 Å². The normalized spacial score (nSPS) is 12.9. The van der Waals surface area contributed by atoms with Gasteiger partial charge in [0.05, 0.1) is 27.8 Å². The van der Waals surface area contributed by atoms with E-state index in [0.29, 0.717) is 5.84 Å². The lowest BCUT2D eigenvalue weighted by atomic mass is 9.99. The molecule has 0 unspecified atom stereocenters. The van der Waals surface area contributed by atoms with E-state index in [-0.39, 0.29) is 0 Å². The Labute approximate surface area is 355 Å². The molecule has 1 aliphatic rings. The Kier molecular flexibility index (Phi) is 8.71. The molecule has 0 aliphatic heterocycles. The molecule has 4 heteroatoms. The standard InChI is InChI=1S/C57H42N4/c1-3-14-43(15-4-2)61-55-31-28-39(38-27-30-54-50(33-38)47-22-10-11-25-53(47)60(54)44-19-6-5-7-20-44)34-51(55)48-29-26-40(36-56(48)61)37-17-12-18-42(32-37)57(58)59-52-24-13-23-46-45-21-9-8-16-41(45)35-49(46)52/h3-34,36H,1,35H2,2H3,(H2,58,59)/b15-4-,43-14+. The van der Waals surface area contributed by atoms with Gasteiger partial charge < -0.3 is 14.9 Å². The fourth-order valence-corrected chi connectivity index (χ4v) is 9.46. The molecule has 2 aromatic heterocycles. The number of nitrogens with two attached hydrogens (primary N) is 1. The minimum absolute atomic E-state index is 0.501. The zero-order valence-electron chi connectivity index (χ0n) is 33.9. The number of para-hydroxylation sites is 2. The van der Waals surface area contributed by atoms with Crippen molar-refractivity contribution in [3.8, 4) is 39.1 Å². The van der Waals surface area contributed by atoms with Crippen molar-refractivity contribution < 1.29 is 0 Å². The first kappa shape index (κ1) is 36.2. The molecule has 0 fully saturated rings. The lowest BCUT2D eigenvalue weighted by molar-refractivity contribution is 1.18. The van der Waals surface area contributed by atoms with Gasteiger partial charge in [-0.25, -0.2) is 4.99 Å². The highest BCUT2D eigenvalue weighted by Gasteiger charge is 2.21. The molecule has 1 aliphatic carbocycles. The van der Waals surface area contributed by atoms with E-state index >= 15 is 0 Å². The van der Waals surface area contributed by atoms with Gasteiger partial charge in [-0.1, -0.05) is 134 Å². The van der Waals surface area contributed by atoms with Gasteiger partial charge in [0.1, 0.15) is 5.84 Å². The molecule has 61 heavy (non-hydrogen) atoms. The molecule has 0 atom stereocenters. The maximum Gasteiger partial charge on any atom is 0.131 e. The number of allylic oxidation sites excluding steroid dienone is 5. The van der Waals surface area contributed by atoms with Crippen LogP contribution in [-0.2, 0) is 6.42 Å². The van der Waals surface area contributed by atoms with E-state index in [9.17, 15) is 0 Å². The molecule has 0 bridgehead atoms. The Morgan fingerprint density at radius 3 is 2.07 bits per heavy atom. The number of hydrogen-bond donors (Lipinski definition) is 1. The number of fused-ring (bicyclic) bond motifs is 9. The highest BCUT2D eigenvalue weighted by atomic mass is 15.0. The predicted molar refractivity (Wildman–Crippen MR) is 259 cm³/mol. The molecule has 10 aromatic rings. The van der Waals surface area contributed by atoms with Crippen LogP contribution in [0.5, 0.6) is 0 Å². The number of rotatable bonds is 8. The summed E-state index contributed by atoms with van der Waals surface area (Å²) >= 11 is 0. The average molecular weight is 783 g/mol. The van der Waals surface area contributed by atoms with Crippen molar-refractivity contribution in [2.45, 2.75) is 13.3 Å². The summed E-state index contributed by atoms with van der Waals surface area (Å²) in [6.45, 7) is 6.13. The van der Waals surface area contributed by atoms with E-state index in [1.807, 2.05) is 12.1 Å². The third-order valence-electron chi connectivity index (χ3n) is 12.2. The van der Waals surface area contributed by atoms with Gasteiger partial charge in [0.15, 0.2) is 0 Å². The summed E-state index contributed by atoms with van der Waals surface area (Å²) in [5.41, 5.74) is 25.1. The lowest BCUT2D eigenvalue weighted by Gasteiger charge is -2.11. The maximum atomic E-state index is 6.81. The van der Waals surface area contributed by atoms with Crippen molar-refractivity contribution in [1.29, 1.82) is 0 Å². The molecule has 4 nitrogen and oxygen atoms in total. The second kappa shape index (κ2) is 14.7. The molecule has 0 saturated heterocycles. The Balaban J connectivity index is 1.02. The second-order valence-corrected chi connectivity index (χ2v) is 15.8.